The van der Waals surface area contributed by atoms with E-state index in [-0.39, 0.29) is 0 Å². The third-order valence-corrected chi connectivity index (χ3v) is 5.53. The summed E-state index contributed by atoms with van der Waals surface area (Å²) in [6.07, 6.45) is 6.55. The SMILES string of the molecule is OC(Cc1ccc(Cl)cc1)c1cc2c(s1)CCCCC2. The molecule has 0 fully saturated rings. The number of rotatable bonds is 3. The van der Waals surface area contributed by atoms with Crippen molar-refractivity contribution in [3.63, 3.8) is 0 Å². The number of aliphatic hydroxyl groups excluding tert-OH is 1. The molecule has 3 heteroatoms. The predicted molar refractivity (Wildman–Crippen MR) is 85.7 cm³/mol. The van der Waals surface area contributed by atoms with E-state index in [1.54, 1.807) is 11.3 Å². The number of fused-ring (bicyclic) bond motifs is 1. The summed E-state index contributed by atoms with van der Waals surface area (Å²) in [4.78, 5) is 2.61. The Morgan fingerprint density at radius 3 is 2.65 bits per heavy atom. The van der Waals surface area contributed by atoms with Crippen LogP contribution in [0.5, 0.6) is 0 Å². The fourth-order valence-electron chi connectivity index (χ4n) is 2.80. The third-order valence-electron chi connectivity index (χ3n) is 3.94. The molecule has 106 valence electrons. The molecule has 0 amide bonds. The molecule has 3 rings (SSSR count). The lowest BCUT2D eigenvalue weighted by Gasteiger charge is -2.08. The van der Waals surface area contributed by atoms with Gasteiger partial charge in [0, 0.05) is 21.2 Å². The van der Waals surface area contributed by atoms with Crippen molar-refractivity contribution in [2.24, 2.45) is 0 Å². The average molecular weight is 307 g/mol. The Morgan fingerprint density at radius 1 is 1.10 bits per heavy atom. The quantitative estimate of drug-likeness (QED) is 0.796. The van der Waals surface area contributed by atoms with Gasteiger partial charge in [-0.2, -0.15) is 0 Å². The molecule has 0 spiro atoms. The van der Waals surface area contributed by atoms with E-state index in [0.29, 0.717) is 6.42 Å². The molecule has 1 aromatic carbocycles. The van der Waals surface area contributed by atoms with Crippen molar-refractivity contribution in [3.8, 4) is 0 Å². The second kappa shape index (κ2) is 6.30. The van der Waals surface area contributed by atoms with E-state index in [4.69, 9.17) is 11.6 Å². The first-order valence-electron chi connectivity index (χ1n) is 7.26. The van der Waals surface area contributed by atoms with Crippen LogP contribution in [-0.2, 0) is 19.3 Å². The second-order valence-electron chi connectivity index (χ2n) is 5.50. The fourth-order valence-corrected chi connectivity index (χ4v) is 4.17. The first-order chi connectivity index (χ1) is 9.72. The van der Waals surface area contributed by atoms with E-state index in [1.807, 2.05) is 24.3 Å². The van der Waals surface area contributed by atoms with E-state index in [1.165, 1.54) is 42.5 Å². The molecular formula is C17H19ClOS. The molecule has 0 saturated heterocycles. The number of thiophene rings is 1. The number of aliphatic hydroxyl groups is 1. The maximum atomic E-state index is 10.4. The highest BCUT2D eigenvalue weighted by Gasteiger charge is 2.17. The zero-order valence-corrected chi connectivity index (χ0v) is 13.0. The van der Waals surface area contributed by atoms with Crippen molar-refractivity contribution < 1.29 is 5.11 Å². The summed E-state index contributed by atoms with van der Waals surface area (Å²) in [5.74, 6) is 0. The van der Waals surface area contributed by atoms with Crippen LogP contribution in [0.2, 0.25) is 5.02 Å². The first-order valence-corrected chi connectivity index (χ1v) is 8.46. The van der Waals surface area contributed by atoms with Crippen LogP contribution in [0.25, 0.3) is 0 Å². The summed E-state index contributed by atoms with van der Waals surface area (Å²) in [6.45, 7) is 0. The van der Waals surface area contributed by atoms with Crippen LogP contribution >= 0.6 is 22.9 Å². The van der Waals surface area contributed by atoms with Gasteiger partial charge in [-0.25, -0.2) is 0 Å². The van der Waals surface area contributed by atoms with Crippen molar-refractivity contribution in [1.82, 2.24) is 0 Å². The van der Waals surface area contributed by atoms with Crippen molar-refractivity contribution in [1.29, 1.82) is 0 Å². The molecule has 0 radical (unpaired) electrons. The Kier molecular flexibility index (Phi) is 4.45. The largest absolute Gasteiger partial charge is 0.387 e. The molecule has 0 aliphatic heterocycles. The lowest BCUT2D eigenvalue weighted by Crippen LogP contribution is -1.99. The third kappa shape index (κ3) is 3.25. The lowest BCUT2D eigenvalue weighted by atomic mass is 10.1. The Morgan fingerprint density at radius 2 is 1.85 bits per heavy atom. The van der Waals surface area contributed by atoms with Gasteiger partial charge in [-0.3, -0.25) is 0 Å². The second-order valence-corrected chi connectivity index (χ2v) is 7.11. The predicted octanol–water partition coefficient (Wildman–Crippen LogP) is 4.95. The van der Waals surface area contributed by atoms with Gasteiger partial charge in [0.25, 0.3) is 0 Å². The molecule has 1 aliphatic rings. The molecule has 1 atom stereocenters. The summed E-state index contributed by atoms with van der Waals surface area (Å²) in [7, 11) is 0. The van der Waals surface area contributed by atoms with Crippen LogP contribution in [0.4, 0.5) is 0 Å². The van der Waals surface area contributed by atoms with E-state index in [2.05, 4.69) is 6.07 Å². The summed E-state index contributed by atoms with van der Waals surface area (Å²) in [5.41, 5.74) is 2.60. The van der Waals surface area contributed by atoms with Gasteiger partial charge in [0.1, 0.15) is 0 Å². The molecule has 1 nitrogen and oxygen atoms in total. The maximum absolute atomic E-state index is 10.4. The zero-order chi connectivity index (χ0) is 13.9. The van der Waals surface area contributed by atoms with E-state index >= 15 is 0 Å². The molecule has 1 N–H and O–H groups in total. The van der Waals surface area contributed by atoms with Gasteiger partial charge in [-0.1, -0.05) is 30.2 Å². The lowest BCUT2D eigenvalue weighted by molar-refractivity contribution is 0.182. The van der Waals surface area contributed by atoms with Crippen LogP contribution in [-0.4, -0.2) is 5.11 Å². The summed E-state index contributed by atoms with van der Waals surface area (Å²) < 4.78 is 0. The van der Waals surface area contributed by atoms with Gasteiger partial charge in [0.2, 0.25) is 0 Å². The van der Waals surface area contributed by atoms with Crippen molar-refractivity contribution >= 4 is 22.9 Å². The molecule has 1 aliphatic carbocycles. The molecular weight excluding hydrogens is 288 g/mol. The number of hydrogen-bond acceptors (Lipinski definition) is 2. The highest BCUT2D eigenvalue weighted by molar-refractivity contribution is 7.12. The van der Waals surface area contributed by atoms with Gasteiger partial charge in [-0.15, -0.1) is 11.3 Å². The molecule has 1 heterocycles. The fraction of sp³-hybridized carbons (Fsp3) is 0.412. The van der Waals surface area contributed by atoms with Crippen LogP contribution in [0.1, 0.15) is 46.2 Å². The van der Waals surface area contributed by atoms with Gasteiger partial charge in [-0.05, 0) is 55.0 Å². The van der Waals surface area contributed by atoms with Gasteiger partial charge in [0.05, 0.1) is 6.10 Å². The number of halogens is 1. The smallest absolute Gasteiger partial charge is 0.0922 e. The Bertz CT molecular complexity index is 550. The Hall–Kier alpha value is -0.830. The summed E-state index contributed by atoms with van der Waals surface area (Å²) in [5, 5.41) is 11.2. The van der Waals surface area contributed by atoms with Crippen LogP contribution in [0.3, 0.4) is 0 Å². The monoisotopic (exact) mass is 306 g/mol. The number of aryl methyl sites for hydroxylation is 2. The maximum Gasteiger partial charge on any atom is 0.0922 e. The summed E-state index contributed by atoms with van der Waals surface area (Å²) in [6, 6.07) is 9.97. The van der Waals surface area contributed by atoms with Gasteiger partial charge in [0.15, 0.2) is 0 Å². The van der Waals surface area contributed by atoms with Crippen LogP contribution in [0.15, 0.2) is 30.3 Å². The van der Waals surface area contributed by atoms with Crippen molar-refractivity contribution in [3.05, 3.63) is 56.2 Å². The van der Waals surface area contributed by atoms with Crippen molar-refractivity contribution in [2.45, 2.75) is 44.6 Å². The highest BCUT2D eigenvalue weighted by Crippen LogP contribution is 2.33. The minimum absolute atomic E-state index is 0.395. The van der Waals surface area contributed by atoms with E-state index < -0.39 is 6.10 Å². The number of hydrogen-bond donors (Lipinski definition) is 1. The molecule has 2 aromatic rings. The van der Waals surface area contributed by atoms with E-state index in [0.717, 1.165) is 15.5 Å². The highest BCUT2D eigenvalue weighted by atomic mass is 35.5. The molecule has 1 unspecified atom stereocenters. The van der Waals surface area contributed by atoms with Crippen LogP contribution in [0, 0.1) is 0 Å². The molecule has 0 bridgehead atoms. The minimum atomic E-state index is -0.395. The van der Waals surface area contributed by atoms with Gasteiger partial charge < -0.3 is 5.11 Å². The Balaban J connectivity index is 1.73. The molecule has 1 aromatic heterocycles. The topological polar surface area (TPSA) is 20.2 Å². The minimum Gasteiger partial charge on any atom is -0.387 e. The number of benzene rings is 1. The van der Waals surface area contributed by atoms with Crippen molar-refractivity contribution in [2.75, 3.05) is 0 Å². The zero-order valence-electron chi connectivity index (χ0n) is 11.4. The first kappa shape index (κ1) is 14.1. The molecule has 0 saturated carbocycles. The summed E-state index contributed by atoms with van der Waals surface area (Å²) >= 11 is 7.69. The standard InChI is InChI=1S/C17H19ClOS/c18-14-8-6-12(7-9-14)10-15(19)17-11-13-4-2-1-3-5-16(13)20-17/h6-9,11,15,19H,1-5,10H2. The normalized spacial score (nSPS) is 16.5. The van der Waals surface area contributed by atoms with E-state index in [9.17, 15) is 5.11 Å². The van der Waals surface area contributed by atoms with Crippen LogP contribution < -0.4 is 0 Å². The molecule has 20 heavy (non-hydrogen) atoms. The average Bonchev–Trinajstić information content (AvgIpc) is 2.73. The van der Waals surface area contributed by atoms with Gasteiger partial charge >= 0.3 is 0 Å². The Labute approximate surface area is 129 Å².